The lowest BCUT2D eigenvalue weighted by Crippen LogP contribution is -2.48. The fraction of sp³-hybridized carbons (Fsp3) is 0.611. The van der Waals surface area contributed by atoms with Crippen molar-refractivity contribution in [2.75, 3.05) is 39.1 Å². The van der Waals surface area contributed by atoms with E-state index in [1.807, 2.05) is 17.8 Å². The Bertz CT molecular complexity index is 527. The number of hydrogen-bond acceptors (Lipinski definition) is 3. The molecule has 2 rings (SSSR count). The van der Waals surface area contributed by atoms with Crippen LogP contribution in [0.3, 0.4) is 0 Å². The van der Waals surface area contributed by atoms with Crippen LogP contribution in [-0.2, 0) is 11.2 Å². The molecular formula is C18H28FN3OS. The molecule has 0 bridgehead atoms. The van der Waals surface area contributed by atoms with Gasteiger partial charge in [0.25, 0.3) is 0 Å². The molecule has 1 aliphatic rings. The van der Waals surface area contributed by atoms with Gasteiger partial charge < -0.3 is 15.4 Å². The summed E-state index contributed by atoms with van der Waals surface area (Å²) in [4.78, 5) is 4.29. The van der Waals surface area contributed by atoms with Crippen LogP contribution >= 0.6 is 11.8 Å². The molecule has 1 fully saturated rings. The van der Waals surface area contributed by atoms with Crippen LogP contribution in [0.15, 0.2) is 29.3 Å². The summed E-state index contributed by atoms with van der Waals surface area (Å²) in [6.45, 7) is 5.48. The lowest BCUT2D eigenvalue weighted by atomic mass is 9.99. The predicted molar refractivity (Wildman–Crippen MR) is 100 cm³/mol. The van der Waals surface area contributed by atoms with Gasteiger partial charge in [0.1, 0.15) is 5.82 Å². The van der Waals surface area contributed by atoms with Gasteiger partial charge in [0.15, 0.2) is 5.96 Å². The Kier molecular flexibility index (Phi) is 7.85. The third-order valence-electron chi connectivity index (χ3n) is 4.25. The molecule has 0 spiro atoms. The Morgan fingerprint density at radius 3 is 2.79 bits per heavy atom. The standard InChI is InChI=1S/C18H28FN3OS/c1-3-24-18(8-11-23-12-9-18)14-22-17(20-2)21-10-7-15-5-4-6-16(19)13-15/h4-6,13H,3,7-12,14H2,1-2H3,(H2,20,21,22). The van der Waals surface area contributed by atoms with E-state index < -0.39 is 0 Å². The van der Waals surface area contributed by atoms with Crippen LogP contribution in [-0.4, -0.2) is 49.8 Å². The first kappa shape index (κ1) is 19.1. The van der Waals surface area contributed by atoms with Gasteiger partial charge >= 0.3 is 0 Å². The van der Waals surface area contributed by atoms with E-state index >= 15 is 0 Å². The highest BCUT2D eigenvalue weighted by atomic mass is 32.2. The van der Waals surface area contributed by atoms with Gasteiger partial charge in [-0.3, -0.25) is 4.99 Å². The smallest absolute Gasteiger partial charge is 0.191 e. The molecule has 0 saturated carbocycles. The number of benzene rings is 1. The Hall–Kier alpha value is -1.27. The van der Waals surface area contributed by atoms with Crippen molar-refractivity contribution < 1.29 is 9.13 Å². The van der Waals surface area contributed by atoms with E-state index in [-0.39, 0.29) is 10.6 Å². The summed E-state index contributed by atoms with van der Waals surface area (Å²) in [5, 5.41) is 6.76. The van der Waals surface area contributed by atoms with Crippen molar-refractivity contribution in [2.24, 2.45) is 4.99 Å². The molecule has 134 valence electrons. The maximum Gasteiger partial charge on any atom is 0.191 e. The number of ether oxygens (including phenoxy) is 1. The summed E-state index contributed by atoms with van der Waals surface area (Å²) in [6.07, 6.45) is 2.90. The number of aliphatic imine (C=N–C) groups is 1. The Morgan fingerprint density at radius 2 is 2.12 bits per heavy atom. The number of nitrogens with zero attached hydrogens (tertiary/aromatic N) is 1. The minimum atomic E-state index is -0.187. The molecule has 0 aromatic heterocycles. The van der Waals surface area contributed by atoms with Crippen molar-refractivity contribution in [3.05, 3.63) is 35.6 Å². The van der Waals surface area contributed by atoms with E-state index in [1.165, 1.54) is 6.07 Å². The van der Waals surface area contributed by atoms with Crippen LogP contribution in [0, 0.1) is 5.82 Å². The first-order valence-electron chi connectivity index (χ1n) is 8.58. The van der Waals surface area contributed by atoms with Crippen molar-refractivity contribution in [3.8, 4) is 0 Å². The molecule has 0 atom stereocenters. The highest BCUT2D eigenvalue weighted by Crippen LogP contribution is 2.34. The molecule has 24 heavy (non-hydrogen) atoms. The second-order valence-electron chi connectivity index (χ2n) is 5.96. The molecule has 1 aromatic rings. The summed E-state index contributed by atoms with van der Waals surface area (Å²) in [5.74, 6) is 1.72. The van der Waals surface area contributed by atoms with Crippen LogP contribution in [0.25, 0.3) is 0 Å². The average Bonchev–Trinajstić information content (AvgIpc) is 2.59. The fourth-order valence-corrected chi connectivity index (χ4v) is 4.15. The number of hydrogen-bond donors (Lipinski definition) is 2. The maximum absolute atomic E-state index is 13.2. The maximum atomic E-state index is 13.2. The van der Waals surface area contributed by atoms with Crippen LogP contribution < -0.4 is 10.6 Å². The van der Waals surface area contributed by atoms with Crippen LogP contribution in [0.4, 0.5) is 4.39 Å². The second kappa shape index (κ2) is 9.89. The molecule has 0 unspecified atom stereocenters. The van der Waals surface area contributed by atoms with E-state index in [9.17, 15) is 4.39 Å². The van der Waals surface area contributed by atoms with Gasteiger partial charge in [0, 0.05) is 38.1 Å². The molecule has 1 aromatic carbocycles. The Morgan fingerprint density at radius 1 is 1.33 bits per heavy atom. The lowest BCUT2D eigenvalue weighted by molar-refractivity contribution is 0.0782. The van der Waals surface area contributed by atoms with Crippen molar-refractivity contribution in [3.63, 3.8) is 0 Å². The number of thioether (sulfide) groups is 1. The number of guanidine groups is 1. The van der Waals surface area contributed by atoms with Crippen LogP contribution in [0.5, 0.6) is 0 Å². The molecule has 2 N–H and O–H groups in total. The van der Waals surface area contributed by atoms with E-state index in [0.717, 1.165) is 62.8 Å². The van der Waals surface area contributed by atoms with Crippen LogP contribution in [0.2, 0.25) is 0 Å². The Balaban J connectivity index is 1.79. The molecule has 1 heterocycles. The fourth-order valence-electron chi connectivity index (χ4n) is 2.90. The number of nitrogens with one attached hydrogen (secondary N) is 2. The number of halogens is 1. The summed E-state index contributed by atoms with van der Waals surface area (Å²) in [7, 11) is 1.78. The molecule has 1 saturated heterocycles. The zero-order valence-corrected chi connectivity index (χ0v) is 15.4. The molecule has 0 amide bonds. The molecule has 0 radical (unpaired) electrons. The molecular weight excluding hydrogens is 325 g/mol. The number of rotatable bonds is 7. The van der Waals surface area contributed by atoms with Gasteiger partial charge in [0.05, 0.1) is 0 Å². The van der Waals surface area contributed by atoms with Gasteiger partial charge in [0.2, 0.25) is 0 Å². The third kappa shape index (κ3) is 5.98. The summed E-state index contributed by atoms with van der Waals surface area (Å²) in [5.41, 5.74) is 0.986. The SMILES string of the molecule is CCSC1(CNC(=NC)NCCc2cccc(F)c2)CCOCC1. The van der Waals surface area contributed by atoms with Crippen molar-refractivity contribution in [1.29, 1.82) is 0 Å². The van der Waals surface area contributed by atoms with Gasteiger partial charge in [-0.05, 0) is 42.7 Å². The average molecular weight is 354 g/mol. The molecule has 0 aliphatic carbocycles. The van der Waals surface area contributed by atoms with Gasteiger partial charge in [-0.15, -0.1) is 0 Å². The predicted octanol–water partition coefficient (Wildman–Crippen LogP) is 2.84. The normalized spacial score (nSPS) is 17.5. The van der Waals surface area contributed by atoms with Crippen molar-refractivity contribution in [1.82, 2.24) is 10.6 Å². The minimum absolute atomic E-state index is 0.187. The molecule has 6 heteroatoms. The topological polar surface area (TPSA) is 45.7 Å². The van der Waals surface area contributed by atoms with Gasteiger partial charge in [-0.2, -0.15) is 11.8 Å². The van der Waals surface area contributed by atoms with Crippen LogP contribution in [0.1, 0.15) is 25.3 Å². The minimum Gasteiger partial charge on any atom is -0.381 e. The highest BCUT2D eigenvalue weighted by molar-refractivity contribution is 8.00. The van der Waals surface area contributed by atoms with Crippen molar-refractivity contribution in [2.45, 2.75) is 30.9 Å². The van der Waals surface area contributed by atoms with Gasteiger partial charge in [-0.25, -0.2) is 4.39 Å². The Labute approximate surface area is 148 Å². The second-order valence-corrected chi connectivity index (χ2v) is 7.69. The first-order chi connectivity index (χ1) is 11.7. The molecule has 1 aliphatic heterocycles. The largest absolute Gasteiger partial charge is 0.381 e. The molecule has 4 nitrogen and oxygen atoms in total. The van der Waals surface area contributed by atoms with Gasteiger partial charge in [-0.1, -0.05) is 19.1 Å². The zero-order chi connectivity index (χ0) is 17.3. The van der Waals surface area contributed by atoms with E-state index in [0.29, 0.717) is 0 Å². The lowest BCUT2D eigenvalue weighted by Gasteiger charge is -2.37. The summed E-state index contributed by atoms with van der Waals surface area (Å²) >= 11 is 2.01. The zero-order valence-electron chi connectivity index (χ0n) is 14.6. The quantitative estimate of drug-likeness (QED) is 0.584. The van der Waals surface area contributed by atoms with E-state index in [2.05, 4.69) is 22.5 Å². The van der Waals surface area contributed by atoms with E-state index in [4.69, 9.17) is 4.74 Å². The summed E-state index contributed by atoms with van der Waals surface area (Å²) in [6, 6.07) is 6.73. The van der Waals surface area contributed by atoms with Crippen molar-refractivity contribution >= 4 is 17.7 Å². The summed E-state index contributed by atoms with van der Waals surface area (Å²) < 4.78 is 18.9. The highest BCUT2D eigenvalue weighted by Gasteiger charge is 2.32. The van der Waals surface area contributed by atoms with E-state index in [1.54, 1.807) is 19.2 Å². The third-order valence-corrected chi connectivity index (χ3v) is 5.70. The monoisotopic (exact) mass is 353 g/mol. The first-order valence-corrected chi connectivity index (χ1v) is 9.57.